The third-order valence-corrected chi connectivity index (χ3v) is 5.58. The Kier molecular flexibility index (Phi) is 7.88. The van der Waals surface area contributed by atoms with E-state index in [9.17, 15) is 14.4 Å². The molecule has 8 nitrogen and oxygen atoms in total. The van der Waals surface area contributed by atoms with E-state index in [1.807, 2.05) is 36.4 Å². The number of benzene rings is 3. The maximum absolute atomic E-state index is 13.0. The van der Waals surface area contributed by atoms with Crippen molar-refractivity contribution in [2.75, 3.05) is 0 Å². The summed E-state index contributed by atoms with van der Waals surface area (Å²) in [6.45, 7) is 5.25. The second kappa shape index (κ2) is 11.4. The first-order valence-electron chi connectivity index (χ1n) is 11.8. The molecule has 3 aromatic carbocycles. The predicted molar refractivity (Wildman–Crippen MR) is 138 cm³/mol. The van der Waals surface area contributed by atoms with Gasteiger partial charge in [-0.3, -0.25) is 4.79 Å². The molecule has 0 fully saturated rings. The molecule has 0 radical (unpaired) electrons. The number of ether oxygens (including phenoxy) is 3. The number of hydrogen-bond donors (Lipinski definition) is 1. The van der Waals surface area contributed by atoms with E-state index in [4.69, 9.17) is 18.6 Å². The molecule has 4 aromatic rings. The Labute approximate surface area is 213 Å². The number of rotatable bonds is 8. The van der Waals surface area contributed by atoms with Crippen LogP contribution in [-0.2, 0) is 16.1 Å². The first-order valence-corrected chi connectivity index (χ1v) is 11.8. The van der Waals surface area contributed by atoms with E-state index < -0.39 is 18.1 Å². The molecule has 1 N–H and O–H groups in total. The zero-order valence-corrected chi connectivity index (χ0v) is 20.7. The Morgan fingerprint density at radius 3 is 2.27 bits per heavy atom. The van der Waals surface area contributed by atoms with Gasteiger partial charge in [0.25, 0.3) is 0 Å². The Bertz CT molecular complexity index is 1450. The molecule has 1 heterocycles. The van der Waals surface area contributed by atoms with Crippen molar-refractivity contribution >= 4 is 23.0 Å². The van der Waals surface area contributed by atoms with E-state index in [0.29, 0.717) is 5.75 Å². The van der Waals surface area contributed by atoms with Gasteiger partial charge < -0.3 is 23.9 Å². The van der Waals surface area contributed by atoms with Gasteiger partial charge in [0.1, 0.15) is 35.5 Å². The molecule has 0 bridgehead atoms. The molecule has 0 saturated carbocycles. The van der Waals surface area contributed by atoms with Crippen LogP contribution in [0.4, 0.5) is 4.79 Å². The third kappa shape index (κ3) is 6.35. The van der Waals surface area contributed by atoms with Crippen LogP contribution < -0.4 is 20.2 Å². The third-order valence-electron chi connectivity index (χ3n) is 5.58. The summed E-state index contributed by atoms with van der Waals surface area (Å²) in [5.74, 6) is 0.109. The lowest BCUT2D eigenvalue weighted by molar-refractivity contribution is -0.137. The molecule has 1 amide bonds. The van der Waals surface area contributed by atoms with E-state index in [1.54, 1.807) is 45.0 Å². The van der Waals surface area contributed by atoms with Crippen LogP contribution in [0.2, 0.25) is 0 Å². The second-order valence-corrected chi connectivity index (χ2v) is 8.74. The summed E-state index contributed by atoms with van der Waals surface area (Å²) in [6.07, 6.45) is -0.731. The summed E-state index contributed by atoms with van der Waals surface area (Å²) in [7, 11) is 0. The standard InChI is InChI=1S/C29H27NO7/c1-18(2)25(30-29(33)34-17-20-10-6-4-7-11-20)28(32)37-22-14-15-23-24(16-22)35-19(3)27(26(23)31)36-21-12-8-5-9-13-21/h4-16,18,25H,17H2,1-3H3,(H,30,33)/t25-/m0/s1. The van der Waals surface area contributed by atoms with Crippen LogP contribution in [0.5, 0.6) is 17.2 Å². The molecule has 0 unspecified atom stereocenters. The van der Waals surface area contributed by atoms with Crippen LogP contribution in [0.15, 0.2) is 88.1 Å². The summed E-state index contributed by atoms with van der Waals surface area (Å²) in [5, 5.41) is 2.84. The first kappa shape index (κ1) is 25.5. The SMILES string of the molecule is Cc1oc2cc(OC(=O)[C@@H](NC(=O)OCc3ccccc3)C(C)C)ccc2c(=O)c1Oc1ccccc1. The highest BCUT2D eigenvalue weighted by molar-refractivity contribution is 5.85. The number of alkyl carbamates (subject to hydrolysis) is 1. The Hall–Kier alpha value is -4.59. The van der Waals surface area contributed by atoms with E-state index >= 15 is 0 Å². The van der Waals surface area contributed by atoms with Crippen molar-refractivity contribution in [3.8, 4) is 17.2 Å². The average molecular weight is 502 g/mol. The molecule has 8 heteroatoms. The highest BCUT2D eigenvalue weighted by atomic mass is 16.6. The number of esters is 1. The molecular formula is C29H27NO7. The minimum absolute atomic E-state index is 0.0750. The lowest BCUT2D eigenvalue weighted by Crippen LogP contribution is -2.46. The number of aryl methyl sites for hydroxylation is 1. The first-order chi connectivity index (χ1) is 17.8. The van der Waals surface area contributed by atoms with E-state index in [2.05, 4.69) is 5.32 Å². The fraction of sp³-hybridized carbons (Fsp3) is 0.207. The molecular weight excluding hydrogens is 474 g/mol. The van der Waals surface area contributed by atoms with Crippen LogP contribution in [0.1, 0.15) is 25.2 Å². The number of fused-ring (bicyclic) bond motifs is 1. The number of para-hydroxylation sites is 1. The Balaban J connectivity index is 1.46. The topological polar surface area (TPSA) is 104 Å². The van der Waals surface area contributed by atoms with Crippen LogP contribution in [0, 0.1) is 12.8 Å². The van der Waals surface area contributed by atoms with Gasteiger partial charge in [-0.15, -0.1) is 0 Å². The Morgan fingerprint density at radius 1 is 0.919 bits per heavy atom. The minimum Gasteiger partial charge on any atom is -0.457 e. The van der Waals surface area contributed by atoms with Crippen molar-refractivity contribution in [3.05, 3.63) is 100 Å². The predicted octanol–water partition coefficient (Wildman–Crippen LogP) is 5.75. The fourth-order valence-electron chi connectivity index (χ4n) is 3.63. The van der Waals surface area contributed by atoms with Gasteiger partial charge in [0.15, 0.2) is 0 Å². The van der Waals surface area contributed by atoms with Gasteiger partial charge in [0.05, 0.1) is 5.39 Å². The van der Waals surface area contributed by atoms with Crippen molar-refractivity contribution in [1.29, 1.82) is 0 Å². The number of amides is 1. The number of carbonyl (C=O) groups is 2. The lowest BCUT2D eigenvalue weighted by atomic mass is 10.1. The normalized spacial score (nSPS) is 11.7. The maximum Gasteiger partial charge on any atom is 0.408 e. The molecule has 0 aliphatic heterocycles. The van der Waals surface area contributed by atoms with Gasteiger partial charge in [-0.25, -0.2) is 9.59 Å². The molecule has 4 rings (SSSR count). The van der Waals surface area contributed by atoms with Gasteiger partial charge in [0.2, 0.25) is 11.2 Å². The van der Waals surface area contributed by atoms with Gasteiger partial charge >= 0.3 is 12.1 Å². The summed E-state index contributed by atoms with van der Waals surface area (Å²) in [5.41, 5.74) is 0.722. The number of carbonyl (C=O) groups excluding carboxylic acids is 2. The number of nitrogens with one attached hydrogen (secondary N) is 1. The van der Waals surface area contributed by atoms with Gasteiger partial charge in [-0.1, -0.05) is 62.4 Å². The van der Waals surface area contributed by atoms with Gasteiger partial charge in [0, 0.05) is 6.07 Å². The zero-order valence-electron chi connectivity index (χ0n) is 20.7. The summed E-state index contributed by atoms with van der Waals surface area (Å²) in [4.78, 5) is 38.2. The van der Waals surface area contributed by atoms with E-state index in [-0.39, 0.29) is 46.2 Å². The molecule has 190 valence electrons. The molecule has 1 aromatic heterocycles. The van der Waals surface area contributed by atoms with E-state index in [0.717, 1.165) is 5.56 Å². The molecule has 0 spiro atoms. The van der Waals surface area contributed by atoms with Crippen molar-refractivity contribution < 1.29 is 28.2 Å². The minimum atomic E-state index is -0.950. The van der Waals surface area contributed by atoms with Crippen molar-refractivity contribution in [3.63, 3.8) is 0 Å². The number of hydrogen-bond acceptors (Lipinski definition) is 7. The van der Waals surface area contributed by atoms with Crippen LogP contribution >= 0.6 is 0 Å². The smallest absolute Gasteiger partial charge is 0.408 e. The molecule has 1 atom stereocenters. The highest BCUT2D eigenvalue weighted by Crippen LogP contribution is 2.27. The average Bonchev–Trinajstić information content (AvgIpc) is 2.89. The van der Waals surface area contributed by atoms with Crippen LogP contribution in [-0.4, -0.2) is 18.1 Å². The quantitative estimate of drug-likeness (QED) is 0.242. The molecule has 0 aliphatic rings. The zero-order chi connectivity index (χ0) is 26.4. The molecule has 0 saturated heterocycles. The van der Waals surface area contributed by atoms with Crippen molar-refractivity contribution in [2.45, 2.75) is 33.4 Å². The molecule has 37 heavy (non-hydrogen) atoms. The highest BCUT2D eigenvalue weighted by Gasteiger charge is 2.27. The largest absolute Gasteiger partial charge is 0.457 e. The van der Waals surface area contributed by atoms with Crippen molar-refractivity contribution in [1.82, 2.24) is 5.32 Å². The van der Waals surface area contributed by atoms with Crippen LogP contribution in [0.3, 0.4) is 0 Å². The van der Waals surface area contributed by atoms with E-state index in [1.165, 1.54) is 18.2 Å². The van der Waals surface area contributed by atoms with Gasteiger partial charge in [-0.2, -0.15) is 0 Å². The maximum atomic E-state index is 13.0. The summed E-state index contributed by atoms with van der Waals surface area (Å²) < 4.78 is 22.3. The lowest BCUT2D eigenvalue weighted by Gasteiger charge is -2.20. The molecule has 0 aliphatic carbocycles. The monoisotopic (exact) mass is 501 g/mol. The Morgan fingerprint density at radius 2 is 1.59 bits per heavy atom. The van der Waals surface area contributed by atoms with Crippen molar-refractivity contribution in [2.24, 2.45) is 5.92 Å². The fourth-order valence-corrected chi connectivity index (χ4v) is 3.63. The summed E-state index contributed by atoms with van der Waals surface area (Å²) >= 11 is 0. The second-order valence-electron chi connectivity index (χ2n) is 8.74. The van der Waals surface area contributed by atoms with Crippen LogP contribution in [0.25, 0.3) is 11.0 Å². The summed E-state index contributed by atoms with van der Waals surface area (Å²) in [6, 6.07) is 21.6. The van der Waals surface area contributed by atoms with Gasteiger partial charge in [-0.05, 0) is 42.7 Å².